The molecule has 0 fully saturated rings. The fourth-order valence-corrected chi connectivity index (χ4v) is 0.463. The Morgan fingerprint density at radius 3 is 2.71 bits per heavy atom. The van der Waals surface area contributed by atoms with Crippen molar-refractivity contribution < 1.29 is 4.74 Å². The Morgan fingerprint density at radius 2 is 2.29 bits per heavy atom. The van der Waals surface area contributed by atoms with Gasteiger partial charge in [0.15, 0.2) is 0 Å². The molecular weight excluding hydrogens is 156 g/mol. The van der Waals surface area contributed by atoms with E-state index in [2.05, 4.69) is 27.8 Å². The van der Waals surface area contributed by atoms with Gasteiger partial charge in [-0.15, -0.1) is 0 Å². The van der Waals surface area contributed by atoms with Crippen molar-refractivity contribution in [2.24, 2.45) is 0 Å². The van der Waals surface area contributed by atoms with Crippen LogP contribution in [0.4, 0.5) is 0 Å². The fourth-order valence-electron chi connectivity index (χ4n) is 0.199. The quantitative estimate of drug-likeness (QED) is 0.456. The topological polar surface area (TPSA) is 9.23 Å². The van der Waals surface area contributed by atoms with Crippen LogP contribution < -0.4 is 0 Å². The van der Waals surface area contributed by atoms with Crippen molar-refractivity contribution in [1.29, 1.82) is 0 Å². The molecule has 0 amide bonds. The molecule has 0 aliphatic heterocycles. The van der Waals surface area contributed by atoms with Crippen LogP contribution in [0, 0.1) is 7.11 Å². The largest absolute Gasteiger partial charge is 0.375 e. The summed E-state index contributed by atoms with van der Waals surface area (Å²) in [6, 6.07) is 0. The summed E-state index contributed by atoms with van der Waals surface area (Å²) in [5.41, 5.74) is 0. The summed E-state index contributed by atoms with van der Waals surface area (Å²) in [6.07, 6.45) is 3.87. The molecular formula is C5H8BrO. The van der Waals surface area contributed by atoms with Crippen molar-refractivity contribution in [3.63, 3.8) is 0 Å². The molecule has 0 aromatic carbocycles. The highest BCUT2D eigenvalue weighted by atomic mass is 79.9. The SMILES string of the molecule is [CH2]OCC=CCBr. The number of alkyl halides is 1. The number of hydrogen-bond acceptors (Lipinski definition) is 1. The summed E-state index contributed by atoms with van der Waals surface area (Å²) in [7, 11) is 3.19. The highest BCUT2D eigenvalue weighted by Crippen LogP contribution is 1.80. The Morgan fingerprint density at radius 1 is 1.57 bits per heavy atom. The number of hydrogen-bond donors (Lipinski definition) is 0. The zero-order chi connectivity index (χ0) is 5.54. The first kappa shape index (κ1) is 7.18. The van der Waals surface area contributed by atoms with Crippen LogP contribution in [0.2, 0.25) is 0 Å². The Kier molecular flexibility index (Phi) is 6.34. The van der Waals surface area contributed by atoms with Gasteiger partial charge in [-0.25, -0.2) is 0 Å². The zero-order valence-electron chi connectivity index (χ0n) is 4.06. The maximum Gasteiger partial charge on any atom is 0.0704 e. The van der Waals surface area contributed by atoms with Gasteiger partial charge in [-0.05, 0) is 0 Å². The van der Waals surface area contributed by atoms with Crippen molar-refractivity contribution in [2.75, 3.05) is 11.9 Å². The lowest BCUT2D eigenvalue weighted by atomic mass is 10.6. The molecule has 0 aliphatic carbocycles. The molecule has 0 spiro atoms. The van der Waals surface area contributed by atoms with E-state index in [1.54, 1.807) is 0 Å². The van der Waals surface area contributed by atoms with E-state index in [4.69, 9.17) is 0 Å². The summed E-state index contributed by atoms with van der Waals surface area (Å²) in [5, 5.41) is 0.885. The van der Waals surface area contributed by atoms with Crippen molar-refractivity contribution in [3.8, 4) is 0 Å². The van der Waals surface area contributed by atoms with E-state index >= 15 is 0 Å². The minimum absolute atomic E-state index is 0.603. The molecule has 2 heteroatoms. The predicted molar refractivity (Wildman–Crippen MR) is 34.2 cm³/mol. The van der Waals surface area contributed by atoms with E-state index in [9.17, 15) is 0 Å². The molecule has 41 valence electrons. The summed E-state index contributed by atoms with van der Waals surface area (Å²) in [5.74, 6) is 0. The second kappa shape index (κ2) is 6.18. The average Bonchev–Trinajstić information content (AvgIpc) is 1.69. The average molecular weight is 164 g/mol. The van der Waals surface area contributed by atoms with Gasteiger partial charge in [-0.3, -0.25) is 0 Å². The molecule has 0 bridgehead atoms. The first-order valence-corrected chi connectivity index (χ1v) is 3.12. The molecule has 0 aliphatic rings. The lowest BCUT2D eigenvalue weighted by Gasteiger charge is -1.82. The van der Waals surface area contributed by atoms with Gasteiger partial charge in [0.05, 0.1) is 13.7 Å². The van der Waals surface area contributed by atoms with Crippen LogP contribution in [0.1, 0.15) is 0 Å². The molecule has 0 N–H and O–H groups in total. The summed E-state index contributed by atoms with van der Waals surface area (Å²) in [6.45, 7) is 0.603. The van der Waals surface area contributed by atoms with Crippen LogP contribution in [0.15, 0.2) is 12.2 Å². The fraction of sp³-hybridized carbons (Fsp3) is 0.400. The van der Waals surface area contributed by atoms with Crippen LogP contribution >= 0.6 is 15.9 Å². The smallest absolute Gasteiger partial charge is 0.0704 e. The molecule has 1 nitrogen and oxygen atoms in total. The summed E-state index contributed by atoms with van der Waals surface area (Å²) in [4.78, 5) is 0. The molecule has 7 heavy (non-hydrogen) atoms. The summed E-state index contributed by atoms with van der Waals surface area (Å²) >= 11 is 3.22. The number of ether oxygens (including phenoxy) is 1. The molecule has 0 aromatic rings. The van der Waals surface area contributed by atoms with Crippen molar-refractivity contribution in [2.45, 2.75) is 0 Å². The predicted octanol–water partition coefficient (Wildman–Crippen LogP) is 1.75. The minimum Gasteiger partial charge on any atom is -0.375 e. The Bertz CT molecular complexity index is 52.0. The normalized spacial score (nSPS) is 10.6. The van der Waals surface area contributed by atoms with Crippen molar-refractivity contribution in [3.05, 3.63) is 19.3 Å². The van der Waals surface area contributed by atoms with E-state index in [1.807, 2.05) is 12.2 Å². The Labute approximate surface area is 52.5 Å². The molecule has 0 heterocycles. The second-order valence-corrected chi connectivity index (χ2v) is 1.64. The van der Waals surface area contributed by atoms with Crippen LogP contribution in [0.5, 0.6) is 0 Å². The monoisotopic (exact) mass is 163 g/mol. The van der Waals surface area contributed by atoms with E-state index in [0.29, 0.717) is 6.61 Å². The molecule has 0 saturated carbocycles. The van der Waals surface area contributed by atoms with Gasteiger partial charge < -0.3 is 4.74 Å². The van der Waals surface area contributed by atoms with Gasteiger partial charge >= 0.3 is 0 Å². The number of rotatable bonds is 3. The molecule has 0 saturated heterocycles. The Hall–Kier alpha value is 0.180. The van der Waals surface area contributed by atoms with E-state index in [0.717, 1.165) is 5.33 Å². The zero-order valence-corrected chi connectivity index (χ0v) is 5.65. The maximum atomic E-state index is 4.49. The molecule has 1 radical (unpaired) electrons. The van der Waals surface area contributed by atoms with E-state index < -0.39 is 0 Å². The van der Waals surface area contributed by atoms with Gasteiger partial charge in [0, 0.05) is 5.33 Å². The van der Waals surface area contributed by atoms with Gasteiger partial charge in [-0.1, -0.05) is 28.1 Å². The standard InChI is InChI=1S/C5H8BrO/c1-7-5-3-2-4-6/h2-3H,1,4-5H2. The lowest BCUT2D eigenvalue weighted by Crippen LogP contribution is -1.76. The van der Waals surface area contributed by atoms with Gasteiger partial charge in [0.25, 0.3) is 0 Å². The molecule has 0 atom stereocenters. The third-order valence-corrected chi connectivity index (χ3v) is 0.844. The molecule has 0 aromatic heterocycles. The Balaban J connectivity index is 2.78. The second-order valence-electron chi connectivity index (χ2n) is 0.996. The molecule has 0 rings (SSSR count). The third kappa shape index (κ3) is 6.18. The number of halogens is 1. The van der Waals surface area contributed by atoms with Crippen LogP contribution in [0.25, 0.3) is 0 Å². The third-order valence-electron chi connectivity index (χ3n) is 0.470. The lowest BCUT2D eigenvalue weighted by molar-refractivity contribution is 0.281. The van der Waals surface area contributed by atoms with Crippen LogP contribution in [-0.2, 0) is 4.74 Å². The van der Waals surface area contributed by atoms with Gasteiger partial charge in [-0.2, -0.15) is 0 Å². The maximum absolute atomic E-state index is 4.49. The first-order valence-electron chi connectivity index (χ1n) is 1.99. The van der Waals surface area contributed by atoms with Crippen LogP contribution in [-0.4, -0.2) is 11.9 Å². The van der Waals surface area contributed by atoms with Crippen molar-refractivity contribution >= 4 is 15.9 Å². The van der Waals surface area contributed by atoms with Crippen molar-refractivity contribution in [1.82, 2.24) is 0 Å². The van der Waals surface area contributed by atoms with E-state index in [-0.39, 0.29) is 0 Å². The highest BCUT2D eigenvalue weighted by molar-refractivity contribution is 9.09. The van der Waals surface area contributed by atoms with E-state index in [1.165, 1.54) is 0 Å². The molecule has 0 unspecified atom stereocenters. The highest BCUT2D eigenvalue weighted by Gasteiger charge is 1.67. The van der Waals surface area contributed by atoms with Crippen LogP contribution in [0.3, 0.4) is 0 Å². The summed E-state index contributed by atoms with van der Waals surface area (Å²) < 4.78 is 4.49. The minimum atomic E-state index is 0.603. The number of allylic oxidation sites excluding steroid dienone is 1. The van der Waals surface area contributed by atoms with Gasteiger partial charge in [0.1, 0.15) is 0 Å². The first-order chi connectivity index (χ1) is 3.41. The van der Waals surface area contributed by atoms with Gasteiger partial charge in [0.2, 0.25) is 0 Å².